The molecular formula is C20H28ClN3O3. The molecule has 6 nitrogen and oxygen atoms in total. The summed E-state index contributed by atoms with van der Waals surface area (Å²) in [4.78, 5) is 21.9. The van der Waals surface area contributed by atoms with Gasteiger partial charge in [0.05, 0.1) is 24.3 Å². The highest BCUT2D eigenvalue weighted by Crippen LogP contribution is 2.32. The van der Waals surface area contributed by atoms with Crippen molar-refractivity contribution >= 4 is 23.3 Å². The van der Waals surface area contributed by atoms with E-state index in [-0.39, 0.29) is 23.5 Å². The molecule has 0 unspecified atom stereocenters. The minimum absolute atomic E-state index is 0.0581. The Morgan fingerprint density at radius 1 is 1.33 bits per heavy atom. The van der Waals surface area contributed by atoms with Crippen LogP contribution in [-0.2, 0) is 14.3 Å². The standard InChI is InChI=1S/C20H28ClN3O3/c1-15-12-24(13-20(27-15)7-2-10-26-14-20)19(25)16-5-8-23(9-6-16)18-4-3-17(21)11-22-18/h3-4,11,15-16H,2,5-10,12-14H2,1H3/t15-,20-/m0/s1. The number of nitrogens with zero attached hydrogens (tertiary/aromatic N) is 3. The molecule has 1 aromatic heterocycles. The zero-order valence-corrected chi connectivity index (χ0v) is 16.7. The Bertz CT molecular complexity index is 655. The van der Waals surface area contributed by atoms with Gasteiger partial charge in [0.2, 0.25) is 5.91 Å². The molecule has 1 spiro atoms. The molecule has 3 aliphatic rings. The highest BCUT2D eigenvalue weighted by molar-refractivity contribution is 6.30. The molecule has 3 fully saturated rings. The first-order valence-electron chi connectivity index (χ1n) is 9.96. The molecular weight excluding hydrogens is 366 g/mol. The number of halogens is 1. The Hall–Kier alpha value is -1.37. The fourth-order valence-corrected chi connectivity index (χ4v) is 4.72. The van der Waals surface area contributed by atoms with E-state index in [0.29, 0.717) is 24.7 Å². The van der Waals surface area contributed by atoms with E-state index in [1.807, 2.05) is 17.0 Å². The van der Waals surface area contributed by atoms with Crippen LogP contribution >= 0.6 is 11.6 Å². The van der Waals surface area contributed by atoms with Crippen molar-refractivity contribution in [1.82, 2.24) is 9.88 Å². The summed E-state index contributed by atoms with van der Waals surface area (Å²) in [7, 11) is 0. The smallest absolute Gasteiger partial charge is 0.226 e. The third-order valence-corrected chi connectivity index (χ3v) is 6.11. The summed E-state index contributed by atoms with van der Waals surface area (Å²) in [5.41, 5.74) is -0.306. The Labute approximate surface area is 165 Å². The molecule has 2 atom stereocenters. The van der Waals surface area contributed by atoms with Crippen molar-refractivity contribution in [2.45, 2.75) is 44.3 Å². The van der Waals surface area contributed by atoms with Gasteiger partial charge in [0.25, 0.3) is 0 Å². The van der Waals surface area contributed by atoms with Gasteiger partial charge >= 0.3 is 0 Å². The van der Waals surface area contributed by atoms with Gasteiger partial charge in [-0.15, -0.1) is 0 Å². The topological polar surface area (TPSA) is 54.9 Å². The highest BCUT2D eigenvalue weighted by atomic mass is 35.5. The van der Waals surface area contributed by atoms with Gasteiger partial charge in [-0.3, -0.25) is 4.79 Å². The van der Waals surface area contributed by atoms with Crippen LogP contribution in [0.15, 0.2) is 18.3 Å². The second-order valence-electron chi connectivity index (χ2n) is 8.08. The van der Waals surface area contributed by atoms with Crippen molar-refractivity contribution in [3.05, 3.63) is 23.4 Å². The summed E-state index contributed by atoms with van der Waals surface area (Å²) in [5, 5.41) is 0.644. The molecule has 3 aliphatic heterocycles. The largest absolute Gasteiger partial charge is 0.378 e. The van der Waals surface area contributed by atoms with E-state index < -0.39 is 0 Å². The summed E-state index contributed by atoms with van der Waals surface area (Å²) in [6.45, 7) is 6.49. The number of piperidine rings is 1. The van der Waals surface area contributed by atoms with Crippen molar-refractivity contribution in [2.75, 3.05) is 44.3 Å². The Kier molecular flexibility index (Phi) is 5.58. The van der Waals surface area contributed by atoms with E-state index in [1.165, 1.54) is 0 Å². The number of rotatable bonds is 2. The quantitative estimate of drug-likeness (QED) is 0.773. The number of carbonyl (C=O) groups is 1. The maximum atomic E-state index is 13.2. The molecule has 1 aromatic rings. The highest BCUT2D eigenvalue weighted by Gasteiger charge is 2.43. The number of amides is 1. The lowest BCUT2D eigenvalue weighted by atomic mass is 9.90. The van der Waals surface area contributed by atoms with Crippen molar-refractivity contribution in [2.24, 2.45) is 5.92 Å². The number of carbonyl (C=O) groups excluding carboxylic acids is 1. The zero-order chi connectivity index (χ0) is 18.9. The molecule has 7 heteroatoms. The molecule has 0 radical (unpaired) electrons. The first-order valence-corrected chi connectivity index (χ1v) is 10.3. The van der Waals surface area contributed by atoms with Crippen molar-refractivity contribution in [3.8, 4) is 0 Å². The predicted molar refractivity (Wildman–Crippen MR) is 104 cm³/mol. The van der Waals surface area contributed by atoms with Gasteiger partial charge in [-0.25, -0.2) is 4.98 Å². The Balaban J connectivity index is 1.36. The van der Waals surface area contributed by atoms with Crippen LogP contribution in [0.5, 0.6) is 0 Å². The normalized spacial score (nSPS) is 29.9. The average Bonchev–Trinajstić information content (AvgIpc) is 2.68. The number of morpholine rings is 1. The van der Waals surface area contributed by atoms with Crippen LogP contribution in [0.1, 0.15) is 32.6 Å². The third kappa shape index (κ3) is 4.23. The van der Waals surface area contributed by atoms with E-state index in [0.717, 1.165) is 51.2 Å². The molecule has 4 rings (SSSR count). The lowest BCUT2D eigenvalue weighted by molar-refractivity contribution is -0.200. The Morgan fingerprint density at radius 3 is 2.81 bits per heavy atom. The second-order valence-corrected chi connectivity index (χ2v) is 8.52. The predicted octanol–water partition coefficient (Wildman–Crippen LogP) is 2.75. The maximum Gasteiger partial charge on any atom is 0.226 e. The van der Waals surface area contributed by atoms with Crippen LogP contribution in [0.3, 0.4) is 0 Å². The molecule has 3 saturated heterocycles. The lowest BCUT2D eigenvalue weighted by Crippen LogP contribution is -2.61. The molecule has 0 N–H and O–H groups in total. The van der Waals surface area contributed by atoms with Crippen LogP contribution in [0, 0.1) is 5.92 Å². The minimum atomic E-state index is -0.306. The lowest BCUT2D eigenvalue weighted by Gasteiger charge is -2.48. The SMILES string of the molecule is C[C@H]1CN(C(=O)C2CCN(c3ccc(Cl)cn3)CC2)C[C@]2(CCCOC2)O1. The van der Waals surface area contributed by atoms with E-state index in [2.05, 4.69) is 16.8 Å². The Morgan fingerprint density at radius 2 is 2.15 bits per heavy atom. The molecule has 0 saturated carbocycles. The fraction of sp³-hybridized carbons (Fsp3) is 0.700. The number of pyridine rings is 1. The first kappa shape index (κ1) is 19.0. The van der Waals surface area contributed by atoms with E-state index in [1.54, 1.807) is 6.20 Å². The van der Waals surface area contributed by atoms with Gasteiger partial charge < -0.3 is 19.3 Å². The zero-order valence-electron chi connectivity index (χ0n) is 15.9. The van der Waals surface area contributed by atoms with E-state index >= 15 is 0 Å². The van der Waals surface area contributed by atoms with Crippen molar-refractivity contribution in [3.63, 3.8) is 0 Å². The van der Waals surface area contributed by atoms with Gasteiger partial charge in [0.1, 0.15) is 11.4 Å². The maximum absolute atomic E-state index is 13.2. The second kappa shape index (κ2) is 7.94. The summed E-state index contributed by atoms with van der Waals surface area (Å²) in [6, 6.07) is 3.81. The monoisotopic (exact) mass is 393 g/mol. The third-order valence-electron chi connectivity index (χ3n) is 5.89. The summed E-state index contributed by atoms with van der Waals surface area (Å²) >= 11 is 5.92. The molecule has 4 heterocycles. The number of anilines is 1. The summed E-state index contributed by atoms with van der Waals surface area (Å²) in [5.74, 6) is 1.29. The molecule has 0 bridgehead atoms. The van der Waals surface area contributed by atoms with Crippen molar-refractivity contribution in [1.29, 1.82) is 0 Å². The summed E-state index contributed by atoms with van der Waals surface area (Å²) in [6.07, 6.45) is 5.43. The van der Waals surface area contributed by atoms with Crippen LogP contribution in [0.25, 0.3) is 0 Å². The van der Waals surface area contributed by atoms with Crippen LogP contribution in [-0.4, -0.2) is 66.9 Å². The van der Waals surface area contributed by atoms with Crippen LogP contribution < -0.4 is 4.90 Å². The molecule has 1 amide bonds. The molecule has 27 heavy (non-hydrogen) atoms. The average molecular weight is 394 g/mol. The van der Waals surface area contributed by atoms with Gasteiger partial charge in [-0.1, -0.05) is 11.6 Å². The first-order chi connectivity index (χ1) is 13.0. The van der Waals surface area contributed by atoms with Crippen LogP contribution in [0.4, 0.5) is 5.82 Å². The minimum Gasteiger partial charge on any atom is -0.378 e. The molecule has 148 valence electrons. The van der Waals surface area contributed by atoms with Gasteiger partial charge in [-0.05, 0) is 44.7 Å². The number of aromatic nitrogens is 1. The van der Waals surface area contributed by atoms with Gasteiger partial charge in [0, 0.05) is 38.4 Å². The fourth-order valence-electron chi connectivity index (χ4n) is 4.61. The molecule has 0 aliphatic carbocycles. The van der Waals surface area contributed by atoms with Crippen molar-refractivity contribution < 1.29 is 14.3 Å². The van der Waals surface area contributed by atoms with Gasteiger partial charge in [-0.2, -0.15) is 0 Å². The van der Waals surface area contributed by atoms with Gasteiger partial charge in [0.15, 0.2) is 0 Å². The van der Waals surface area contributed by atoms with E-state index in [9.17, 15) is 4.79 Å². The van der Waals surface area contributed by atoms with E-state index in [4.69, 9.17) is 21.1 Å². The summed E-state index contributed by atoms with van der Waals surface area (Å²) < 4.78 is 11.9. The molecule has 0 aromatic carbocycles. The number of hydrogen-bond acceptors (Lipinski definition) is 5. The van der Waals surface area contributed by atoms with Crippen LogP contribution in [0.2, 0.25) is 5.02 Å². The number of ether oxygens (including phenoxy) is 2. The number of hydrogen-bond donors (Lipinski definition) is 0.